The Morgan fingerprint density at radius 1 is 1.29 bits per heavy atom. The van der Waals surface area contributed by atoms with Gasteiger partial charge in [0.15, 0.2) is 0 Å². The quantitative estimate of drug-likeness (QED) is 0.813. The molecular formula is C18H26N4O2. The van der Waals surface area contributed by atoms with Crippen LogP contribution in [0, 0.1) is 0 Å². The van der Waals surface area contributed by atoms with Crippen LogP contribution in [0.25, 0.3) is 0 Å². The van der Waals surface area contributed by atoms with E-state index >= 15 is 0 Å². The first-order valence-electron chi connectivity index (χ1n) is 8.22. The van der Waals surface area contributed by atoms with Gasteiger partial charge in [-0.1, -0.05) is 0 Å². The Morgan fingerprint density at radius 3 is 2.42 bits per heavy atom. The number of carbonyl (C=O) groups is 1. The zero-order chi connectivity index (χ0) is 17.7. The average molecular weight is 330 g/mol. The second-order valence-electron chi connectivity index (χ2n) is 6.08. The van der Waals surface area contributed by atoms with Crippen LogP contribution < -0.4 is 10.2 Å². The number of aromatic nitrogens is 2. The minimum absolute atomic E-state index is 0.120. The fourth-order valence-corrected chi connectivity index (χ4v) is 2.57. The fraction of sp³-hybridized carbons (Fsp3) is 0.444. The van der Waals surface area contributed by atoms with Crippen molar-refractivity contribution in [3.8, 4) is 0 Å². The lowest BCUT2D eigenvalue weighted by Crippen LogP contribution is -2.38. The summed E-state index contributed by atoms with van der Waals surface area (Å²) in [7, 11) is 1.79. The summed E-state index contributed by atoms with van der Waals surface area (Å²) >= 11 is 0. The van der Waals surface area contributed by atoms with Gasteiger partial charge in [-0.05, 0) is 45.0 Å². The van der Waals surface area contributed by atoms with Gasteiger partial charge in [-0.3, -0.25) is 9.48 Å². The predicted octanol–water partition coefficient (Wildman–Crippen LogP) is 1.90. The smallest absolute Gasteiger partial charge is 0.251 e. The summed E-state index contributed by atoms with van der Waals surface area (Å²) in [6.45, 7) is 7.84. The molecule has 24 heavy (non-hydrogen) atoms. The third-order valence-corrected chi connectivity index (χ3v) is 4.18. The van der Waals surface area contributed by atoms with Gasteiger partial charge in [0.25, 0.3) is 5.91 Å². The normalized spacial score (nSPS) is 13.4. The Morgan fingerprint density at radius 2 is 1.92 bits per heavy atom. The summed E-state index contributed by atoms with van der Waals surface area (Å²) in [5.41, 5.74) is 1.18. The number of hydrogen-bond acceptors (Lipinski definition) is 4. The standard InChI is InChI=1S/C18H26N4O2/c1-5-22(6-2)16-9-7-14(8-10-16)17(23)19-13-18(3,24)15-11-20-21(4)12-15/h7-12,24H,5-6,13H2,1-4H3,(H,19,23). The van der Waals surface area contributed by atoms with E-state index in [4.69, 9.17) is 0 Å². The molecule has 1 atom stereocenters. The highest BCUT2D eigenvalue weighted by atomic mass is 16.3. The van der Waals surface area contributed by atoms with Gasteiger partial charge in [-0.15, -0.1) is 0 Å². The van der Waals surface area contributed by atoms with Gasteiger partial charge in [0.2, 0.25) is 0 Å². The molecule has 0 saturated carbocycles. The number of hydrogen-bond donors (Lipinski definition) is 2. The maximum Gasteiger partial charge on any atom is 0.251 e. The lowest BCUT2D eigenvalue weighted by atomic mass is 9.99. The molecule has 2 N–H and O–H groups in total. The fourth-order valence-electron chi connectivity index (χ4n) is 2.57. The van der Waals surface area contributed by atoms with Crippen LogP contribution in [0.3, 0.4) is 0 Å². The summed E-state index contributed by atoms with van der Waals surface area (Å²) in [6.07, 6.45) is 3.34. The molecule has 1 aromatic heterocycles. The van der Waals surface area contributed by atoms with E-state index in [2.05, 4.69) is 29.2 Å². The van der Waals surface area contributed by atoms with Gasteiger partial charge < -0.3 is 15.3 Å². The molecule has 1 unspecified atom stereocenters. The molecule has 0 fully saturated rings. The van der Waals surface area contributed by atoms with Crippen molar-refractivity contribution in [3.05, 3.63) is 47.8 Å². The highest BCUT2D eigenvalue weighted by molar-refractivity contribution is 5.94. The number of nitrogens with one attached hydrogen (secondary N) is 1. The maximum atomic E-state index is 12.3. The van der Waals surface area contributed by atoms with E-state index in [0.29, 0.717) is 11.1 Å². The van der Waals surface area contributed by atoms with Crippen molar-refractivity contribution in [2.45, 2.75) is 26.4 Å². The van der Waals surface area contributed by atoms with E-state index in [9.17, 15) is 9.90 Å². The number of aliphatic hydroxyl groups is 1. The predicted molar refractivity (Wildman–Crippen MR) is 95.1 cm³/mol. The molecule has 6 nitrogen and oxygen atoms in total. The molecule has 0 radical (unpaired) electrons. The molecule has 1 heterocycles. The molecule has 0 saturated heterocycles. The molecular weight excluding hydrogens is 304 g/mol. The third kappa shape index (κ3) is 4.14. The van der Waals surface area contributed by atoms with Crippen LogP contribution in [-0.4, -0.2) is 40.4 Å². The summed E-state index contributed by atoms with van der Waals surface area (Å²) < 4.78 is 1.62. The Labute approximate surface area is 143 Å². The molecule has 0 spiro atoms. The monoisotopic (exact) mass is 330 g/mol. The Kier molecular flexibility index (Phi) is 5.62. The molecule has 2 aromatic rings. The van der Waals surface area contributed by atoms with Crippen LogP contribution in [0.2, 0.25) is 0 Å². The van der Waals surface area contributed by atoms with Crippen molar-refractivity contribution >= 4 is 11.6 Å². The van der Waals surface area contributed by atoms with Crippen molar-refractivity contribution in [1.82, 2.24) is 15.1 Å². The van der Waals surface area contributed by atoms with Crippen molar-refractivity contribution < 1.29 is 9.90 Å². The van der Waals surface area contributed by atoms with Crippen LogP contribution in [0.5, 0.6) is 0 Å². The van der Waals surface area contributed by atoms with Gasteiger partial charge in [0, 0.05) is 43.1 Å². The number of anilines is 1. The molecule has 1 amide bonds. The zero-order valence-electron chi connectivity index (χ0n) is 14.8. The second kappa shape index (κ2) is 7.49. The summed E-state index contributed by atoms with van der Waals surface area (Å²) in [4.78, 5) is 14.5. The van der Waals surface area contributed by atoms with E-state index in [1.54, 1.807) is 31.0 Å². The van der Waals surface area contributed by atoms with Crippen molar-refractivity contribution in [2.75, 3.05) is 24.5 Å². The molecule has 0 aliphatic carbocycles. The zero-order valence-corrected chi connectivity index (χ0v) is 14.8. The molecule has 0 aliphatic rings. The second-order valence-corrected chi connectivity index (χ2v) is 6.08. The summed E-state index contributed by atoms with van der Waals surface area (Å²) in [6, 6.07) is 7.51. The lowest BCUT2D eigenvalue weighted by molar-refractivity contribution is 0.0526. The van der Waals surface area contributed by atoms with Crippen LogP contribution in [-0.2, 0) is 12.6 Å². The van der Waals surface area contributed by atoms with Gasteiger partial charge >= 0.3 is 0 Å². The SMILES string of the molecule is CCN(CC)c1ccc(C(=O)NCC(C)(O)c2cnn(C)c2)cc1. The van der Waals surface area contributed by atoms with E-state index in [0.717, 1.165) is 18.8 Å². The van der Waals surface area contributed by atoms with Crippen LogP contribution in [0.15, 0.2) is 36.7 Å². The Balaban J connectivity index is 1.99. The number of benzene rings is 1. The average Bonchev–Trinajstić information content (AvgIpc) is 3.02. The minimum Gasteiger partial charge on any atom is -0.383 e. The van der Waals surface area contributed by atoms with Crippen molar-refractivity contribution in [2.24, 2.45) is 7.05 Å². The maximum absolute atomic E-state index is 12.3. The van der Waals surface area contributed by atoms with Gasteiger partial charge in [0.1, 0.15) is 5.60 Å². The van der Waals surface area contributed by atoms with E-state index < -0.39 is 5.60 Å². The highest BCUT2D eigenvalue weighted by Crippen LogP contribution is 2.19. The minimum atomic E-state index is -1.16. The van der Waals surface area contributed by atoms with Crippen LogP contribution in [0.1, 0.15) is 36.7 Å². The largest absolute Gasteiger partial charge is 0.383 e. The molecule has 0 aliphatic heterocycles. The highest BCUT2D eigenvalue weighted by Gasteiger charge is 2.25. The first kappa shape index (κ1) is 18.0. The van der Waals surface area contributed by atoms with E-state index in [1.165, 1.54) is 0 Å². The third-order valence-electron chi connectivity index (χ3n) is 4.18. The topological polar surface area (TPSA) is 70.4 Å². The number of rotatable bonds is 7. The van der Waals surface area contributed by atoms with E-state index in [1.807, 2.05) is 24.3 Å². The first-order chi connectivity index (χ1) is 11.4. The molecule has 130 valence electrons. The number of aryl methyl sites for hydroxylation is 1. The van der Waals surface area contributed by atoms with E-state index in [-0.39, 0.29) is 12.5 Å². The van der Waals surface area contributed by atoms with Gasteiger partial charge in [-0.2, -0.15) is 5.10 Å². The summed E-state index contributed by atoms with van der Waals surface area (Å²) in [5.74, 6) is -0.203. The molecule has 2 rings (SSSR count). The summed E-state index contributed by atoms with van der Waals surface area (Å²) in [5, 5.41) is 17.3. The van der Waals surface area contributed by atoms with Crippen molar-refractivity contribution in [1.29, 1.82) is 0 Å². The molecule has 1 aromatic carbocycles. The van der Waals surface area contributed by atoms with Crippen LogP contribution in [0.4, 0.5) is 5.69 Å². The Hall–Kier alpha value is -2.34. The number of nitrogens with zero attached hydrogens (tertiary/aromatic N) is 3. The van der Waals surface area contributed by atoms with Gasteiger partial charge in [-0.25, -0.2) is 0 Å². The Bertz CT molecular complexity index is 673. The van der Waals surface area contributed by atoms with Crippen LogP contribution >= 0.6 is 0 Å². The number of carbonyl (C=O) groups excluding carboxylic acids is 1. The lowest BCUT2D eigenvalue weighted by Gasteiger charge is -2.23. The molecule has 0 bridgehead atoms. The van der Waals surface area contributed by atoms with Crippen molar-refractivity contribution in [3.63, 3.8) is 0 Å². The first-order valence-corrected chi connectivity index (χ1v) is 8.22. The molecule has 6 heteroatoms. The van der Waals surface area contributed by atoms with Gasteiger partial charge in [0.05, 0.1) is 12.7 Å². The number of amides is 1.